The summed E-state index contributed by atoms with van der Waals surface area (Å²) in [6.45, 7) is 6.46. The highest BCUT2D eigenvalue weighted by atomic mass is 79.9. The number of carbonyl (C=O) groups excluding carboxylic acids is 1. The Labute approximate surface area is 208 Å². The number of carbonyl (C=O) groups is 1. The molecule has 5 heteroatoms. The molecule has 0 N–H and O–H groups in total. The van der Waals surface area contributed by atoms with Crippen molar-refractivity contribution in [1.29, 1.82) is 0 Å². The van der Waals surface area contributed by atoms with E-state index in [2.05, 4.69) is 29.8 Å². The van der Waals surface area contributed by atoms with E-state index < -0.39 is 0 Å². The molecule has 32 heavy (non-hydrogen) atoms. The van der Waals surface area contributed by atoms with Crippen molar-refractivity contribution in [2.24, 2.45) is 0 Å². The maximum Gasteiger partial charge on any atom is 0.305 e. The summed E-state index contributed by atoms with van der Waals surface area (Å²) in [6.07, 6.45) is 21.6. The molecule has 0 saturated carbocycles. The van der Waals surface area contributed by atoms with Crippen molar-refractivity contribution < 1.29 is 19.0 Å². The Hall–Kier alpha value is -0.130. The highest BCUT2D eigenvalue weighted by Gasteiger charge is 2.13. The maximum atomic E-state index is 12.0. The predicted molar refractivity (Wildman–Crippen MR) is 140 cm³/mol. The molecule has 0 aliphatic rings. The minimum absolute atomic E-state index is 0.132. The van der Waals surface area contributed by atoms with Crippen LogP contribution >= 0.6 is 15.9 Å². The first-order valence-electron chi connectivity index (χ1n) is 13.7. The van der Waals surface area contributed by atoms with Gasteiger partial charge in [0.1, 0.15) is 0 Å². The Morgan fingerprint density at radius 3 is 1.56 bits per heavy atom. The van der Waals surface area contributed by atoms with Crippen molar-refractivity contribution in [3.05, 3.63) is 0 Å². The molecule has 0 unspecified atom stereocenters. The van der Waals surface area contributed by atoms with E-state index in [0.29, 0.717) is 19.4 Å². The molecule has 0 bridgehead atoms. The van der Waals surface area contributed by atoms with Crippen molar-refractivity contribution in [3.8, 4) is 0 Å². The lowest BCUT2D eigenvalue weighted by Gasteiger charge is -2.18. The summed E-state index contributed by atoms with van der Waals surface area (Å²) in [7, 11) is 0. The van der Waals surface area contributed by atoms with Gasteiger partial charge in [0.15, 0.2) is 6.29 Å². The number of hydrogen-bond donors (Lipinski definition) is 0. The third kappa shape index (κ3) is 24.5. The van der Waals surface area contributed by atoms with E-state index in [9.17, 15) is 4.79 Å². The fraction of sp³-hybridized carbons (Fsp3) is 0.963. The number of hydrogen-bond acceptors (Lipinski definition) is 4. The highest BCUT2D eigenvalue weighted by molar-refractivity contribution is 9.09. The summed E-state index contributed by atoms with van der Waals surface area (Å²) in [5.41, 5.74) is 0. The molecule has 0 aromatic carbocycles. The number of esters is 1. The van der Waals surface area contributed by atoms with Crippen molar-refractivity contribution in [3.63, 3.8) is 0 Å². The van der Waals surface area contributed by atoms with Crippen molar-refractivity contribution >= 4 is 21.9 Å². The molecule has 0 spiro atoms. The summed E-state index contributed by atoms with van der Waals surface area (Å²) in [5.74, 6) is -0.132. The minimum Gasteiger partial charge on any atom is -0.466 e. The van der Waals surface area contributed by atoms with E-state index in [0.717, 1.165) is 50.6 Å². The van der Waals surface area contributed by atoms with E-state index in [1.54, 1.807) is 0 Å². The van der Waals surface area contributed by atoms with Crippen LogP contribution in [0.5, 0.6) is 0 Å². The lowest BCUT2D eigenvalue weighted by atomic mass is 10.1. The second-order valence-corrected chi connectivity index (χ2v) is 9.72. The van der Waals surface area contributed by atoms with Gasteiger partial charge in [0, 0.05) is 25.0 Å². The lowest BCUT2D eigenvalue weighted by Crippen LogP contribution is -2.21. The van der Waals surface area contributed by atoms with Crippen LogP contribution in [0.25, 0.3) is 0 Å². The zero-order chi connectivity index (χ0) is 23.5. The standard InChI is InChI=1S/C27H53BrO4/c1-3-5-7-9-11-13-17-24-31-27(32-25-18-14-12-10-8-6-4-2)21-20-26(29)30-23-19-15-16-22-28/h27H,3-25H2,1-2H3. The summed E-state index contributed by atoms with van der Waals surface area (Å²) in [4.78, 5) is 12.0. The number of alkyl halides is 1. The third-order valence-electron chi connectivity index (χ3n) is 5.73. The fourth-order valence-electron chi connectivity index (χ4n) is 3.63. The van der Waals surface area contributed by atoms with Gasteiger partial charge in [0.2, 0.25) is 0 Å². The molecular formula is C27H53BrO4. The molecular weight excluding hydrogens is 468 g/mol. The number of ether oxygens (including phenoxy) is 3. The molecule has 0 aliphatic heterocycles. The Morgan fingerprint density at radius 2 is 1.06 bits per heavy atom. The quantitative estimate of drug-likeness (QED) is 0.0494. The molecule has 0 radical (unpaired) electrons. The van der Waals surface area contributed by atoms with E-state index >= 15 is 0 Å². The van der Waals surface area contributed by atoms with Gasteiger partial charge in [-0.25, -0.2) is 0 Å². The largest absolute Gasteiger partial charge is 0.466 e. The van der Waals surface area contributed by atoms with Crippen LogP contribution in [0.1, 0.15) is 136 Å². The van der Waals surface area contributed by atoms with E-state index in [1.807, 2.05) is 0 Å². The maximum absolute atomic E-state index is 12.0. The van der Waals surface area contributed by atoms with Gasteiger partial charge in [0.25, 0.3) is 0 Å². The molecule has 0 atom stereocenters. The number of halogens is 1. The van der Waals surface area contributed by atoms with Crippen LogP contribution in [0.4, 0.5) is 0 Å². The summed E-state index contributed by atoms with van der Waals surface area (Å²) >= 11 is 3.42. The Morgan fingerprint density at radius 1 is 0.625 bits per heavy atom. The molecule has 0 amide bonds. The van der Waals surface area contributed by atoms with Crippen LogP contribution in [0.15, 0.2) is 0 Å². The van der Waals surface area contributed by atoms with Gasteiger partial charge in [-0.15, -0.1) is 0 Å². The average Bonchev–Trinajstić information content (AvgIpc) is 2.80. The zero-order valence-corrected chi connectivity index (χ0v) is 22.9. The first-order chi connectivity index (χ1) is 15.7. The smallest absolute Gasteiger partial charge is 0.305 e. The number of rotatable bonds is 26. The van der Waals surface area contributed by atoms with Crippen LogP contribution in [0, 0.1) is 0 Å². The molecule has 0 rings (SSSR count). The second kappa shape index (κ2) is 27.1. The lowest BCUT2D eigenvalue weighted by molar-refractivity contribution is -0.159. The van der Waals surface area contributed by atoms with Crippen molar-refractivity contribution in [2.45, 2.75) is 142 Å². The Kier molecular flexibility index (Phi) is 27.0. The third-order valence-corrected chi connectivity index (χ3v) is 6.29. The van der Waals surface area contributed by atoms with Crippen LogP contribution in [0.2, 0.25) is 0 Å². The van der Waals surface area contributed by atoms with Gasteiger partial charge < -0.3 is 14.2 Å². The normalized spacial score (nSPS) is 11.4. The van der Waals surface area contributed by atoms with Crippen LogP contribution < -0.4 is 0 Å². The molecule has 0 aromatic rings. The van der Waals surface area contributed by atoms with Gasteiger partial charge in [-0.3, -0.25) is 4.79 Å². The minimum atomic E-state index is -0.281. The van der Waals surface area contributed by atoms with Gasteiger partial charge in [-0.2, -0.15) is 0 Å². The van der Waals surface area contributed by atoms with E-state index in [-0.39, 0.29) is 12.3 Å². The molecule has 192 valence electrons. The Balaban J connectivity index is 4.00. The monoisotopic (exact) mass is 520 g/mol. The topological polar surface area (TPSA) is 44.8 Å². The fourth-order valence-corrected chi connectivity index (χ4v) is 4.03. The zero-order valence-electron chi connectivity index (χ0n) is 21.4. The first-order valence-corrected chi connectivity index (χ1v) is 14.8. The predicted octanol–water partition coefficient (Wildman–Crippen LogP) is 8.74. The van der Waals surface area contributed by atoms with Crippen molar-refractivity contribution in [1.82, 2.24) is 0 Å². The Bertz CT molecular complexity index is 359. The molecule has 0 fully saturated rings. The molecule has 0 heterocycles. The second-order valence-electron chi connectivity index (χ2n) is 8.92. The molecule has 0 saturated heterocycles. The summed E-state index contributed by atoms with van der Waals surface area (Å²) in [6, 6.07) is 0. The van der Waals surface area contributed by atoms with Gasteiger partial charge >= 0.3 is 5.97 Å². The van der Waals surface area contributed by atoms with Crippen LogP contribution in [-0.2, 0) is 19.0 Å². The van der Waals surface area contributed by atoms with E-state index in [1.165, 1.54) is 77.0 Å². The van der Waals surface area contributed by atoms with Gasteiger partial charge in [-0.1, -0.05) is 107 Å². The molecule has 0 aromatic heterocycles. The van der Waals surface area contributed by atoms with Crippen LogP contribution in [-0.4, -0.2) is 37.4 Å². The summed E-state index contributed by atoms with van der Waals surface area (Å²) < 4.78 is 17.4. The molecule has 4 nitrogen and oxygen atoms in total. The first kappa shape index (κ1) is 31.9. The van der Waals surface area contributed by atoms with Gasteiger partial charge in [-0.05, 0) is 32.1 Å². The summed E-state index contributed by atoms with van der Waals surface area (Å²) in [5, 5.41) is 1.01. The molecule has 0 aliphatic carbocycles. The highest BCUT2D eigenvalue weighted by Crippen LogP contribution is 2.12. The number of unbranched alkanes of at least 4 members (excludes halogenated alkanes) is 14. The van der Waals surface area contributed by atoms with Crippen molar-refractivity contribution in [2.75, 3.05) is 25.2 Å². The average molecular weight is 522 g/mol. The SMILES string of the molecule is CCCCCCCCCOC(CCC(=O)OCCCCCBr)OCCCCCCCCC. The van der Waals surface area contributed by atoms with E-state index in [4.69, 9.17) is 14.2 Å². The van der Waals surface area contributed by atoms with Crippen LogP contribution in [0.3, 0.4) is 0 Å². The van der Waals surface area contributed by atoms with Gasteiger partial charge in [0.05, 0.1) is 13.0 Å².